The molecule has 0 aromatic heterocycles. The molecule has 6 atom stereocenters. The van der Waals surface area contributed by atoms with Crippen LogP contribution in [0, 0.1) is 17.8 Å². The monoisotopic (exact) mass is 1820 g/mol. The maximum Gasteiger partial charge on any atom is 0.317 e. The first-order chi connectivity index (χ1) is 58.4. The minimum Gasteiger partial charge on any atom is -0.480 e. The molecule has 1 saturated carbocycles. The Hall–Kier alpha value is -11.0. The molecule has 1 aliphatic rings. The summed E-state index contributed by atoms with van der Waals surface area (Å²) in [6.45, 7) is 4.10. The summed E-state index contributed by atoms with van der Waals surface area (Å²) in [5.74, 6) is -18.3. The average molecular weight is 1820 g/mol. The van der Waals surface area contributed by atoms with Gasteiger partial charge in [0.25, 0.3) is 0 Å². The number of rotatable bonds is 59. The van der Waals surface area contributed by atoms with E-state index in [0.29, 0.717) is 40.6 Å². The van der Waals surface area contributed by atoms with Crippen molar-refractivity contribution in [2.45, 2.75) is 130 Å². The second-order valence-electron chi connectivity index (χ2n) is 30.8. The summed E-state index contributed by atoms with van der Waals surface area (Å²) in [6, 6.07) is 17.1. The van der Waals surface area contributed by atoms with Crippen LogP contribution >= 0.6 is 36.7 Å². The standard InChI is InChI=1S/C29H42N4O10S.C26H38N4O10S.C25H36N4O10S/c1-18(2)29(44)30-20-9-7-19(8-10-20)11-21(31(13-24(34)35)14-25(36)37)12-32(15-26(38)39)22-5-3-4-6-23(22)33(16-27(40)41)17-28(42)43;1-16(2)26(41)27-19-6-4-18(5-7-19)10-20(30(14-24(37)38)15-25(39)40)17(3)29(13-23(35)36)9-8-28(11-21(31)32)12-22(33)34;1-16(2)25(40)26-18-5-3-17(4-6-18)9-19(29(14-23(36)37)15-24(38)39)10-27(11-20(30)31)7-8-28(12-21(32)33)13-22(34)35/h7-10,18,21-23H,3-6,11-17H2,1-2H3,(H,30,44)(H,34,35)(H,36,37)(H,38,39)(H,40,41)(H,42,43);4-7,16-17,20H,8-15H2,1-3H3,(H,27,41)(H,31,32)(H,33,34)(H,35,36)(H,37,38)(H,39,40);3-6,16,19H,7-15H2,1-2H3,(H,26,40)(H,30,31)(H,32,33)(H,34,35)(H,36,37)(H,38,39)/t21-,22+,23+;;/m1../s1. The van der Waals surface area contributed by atoms with Gasteiger partial charge in [-0.05, 0) is 92.1 Å². The molecule has 3 aromatic carbocycles. The SMILES string of the molecule is CC(C)C(=S)Nc1ccc(CC(C(C)N(CCN(CC(=O)O)CC(=O)O)CC(=O)O)N(CC(=O)O)CC(=O)O)cc1.CC(C)C(=S)Nc1ccc(CC(CN(CCN(CC(=O)O)CC(=O)O)CC(=O)O)N(CC(=O)O)CC(=O)O)cc1.CC(C)C(=S)Nc1ccc(C[C@H](CN(CC(=O)O)[C@H]2CCCC[C@@H]2N(CC(=O)O)CC(=O)O)N(CC(=O)O)CC(=O)O)cc1. The molecule has 694 valence electrons. The topological polar surface area (TPSA) is 625 Å². The van der Waals surface area contributed by atoms with E-state index in [1.165, 1.54) is 29.4 Å². The van der Waals surface area contributed by atoms with E-state index in [1.54, 1.807) is 84.6 Å². The zero-order chi connectivity index (χ0) is 94.7. The van der Waals surface area contributed by atoms with E-state index in [-0.39, 0.29) is 76.3 Å². The van der Waals surface area contributed by atoms with E-state index in [4.69, 9.17) is 57.1 Å². The first kappa shape index (κ1) is 110. The highest BCUT2D eigenvalue weighted by Gasteiger charge is 2.40. The molecule has 4 rings (SSSR count). The van der Waals surface area contributed by atoms with E-state index in [2.05, 4.69) is 16.0 Å². The molecule has 18 N–H and O–H groups in total. The van der Waals surface area contributed by atoms with Gasteiger partial charge in [-0.25, -0.2) is 0 Å². The molecular formula is C80H116N12O30S3. The number of hydrogen-bond donors (Lipinski definition) is 18. The number of carboxylic acids is 15. The molecule has 3 unspecified atom stereocenters. The van der Waals surface area contributed by atoms with Crippen LogP contribution < -0.4 is 16.0 Å². The Labute approximate surface area is 737 Å². The summed E-state index contributed by atoms with van der Waals surface area (Å²) in [4.78, 5) is 187. The highest BCUT2D eigenvalue weighted by molar-refractivity contribution is 7.81. The van der Waals surface area contributed by atoms with E-state index in [0.717, 1.165) is 43.6 Å². The Morgan fingerprint density at radius 2 is 0.536 bits per heavy atom. The Morgan fingerprint density at radius 1 is 0.296 bits per heavy atom. The molecular weight excluding hydrogens is 1710 g/mol. The molecule has 3 aromatic rings. The maximum atomic E-state index is 12.1. The van der Waals surface area contributed by atoms with Crippen LogP contribution in [-0.2, 0) is 91.2 Å². The molecule has 0 radical (unpaired) electrons. The van der Waals surface area contributed by atoms with E-state index in [9.17, 15) is 128 Å². The van der Waals surface area contributed by atoms with Crippen molar-refractivity contribution in [1.29, 1.82) is 0 Å². The summed E-state index contributed by atoms with van der Waals surface area (Å²) >= 11 is 16.0. The van der Waals surface area contributed by atoms with Crippen LogP contribution in [0.4, 0.5) is 17.1 Å². The number of nitrogens with zero attached hydrogens (tertiary/aromatic N) is 9. The molecule has 0 amide bonds. The zero-order valence-corrected chi connectivity index (χ0v) is 73.0. The van der Waals surface area contributed by atoms with Gasteiger partial charge in [-0.3, -0.25) is 116 Å². The normalized spacial score (nSPS) is 14.2. The van der Waals surface area contributed by atoms with Crippen molar-refractivity contribution < 1.29 is 149 Å². The highest BCUT2D eigenvalue weighted by Crippen LogP contribution is 2.30. The van der Waals surface area contributed by atoms with E-state index < -0.39 is 224 Å². The summed E-state index contributed by atoms with van der Waals surface area (Å²) in [5.41, 5.74) is 4.39. The van der Waals surface area contributed by atoms with Gasteiger partial charge < -0.3 is 92.5 Å². The van der Waals surface area contributed by atoms with Gasteiger partial charge in [-0.2, -0.15) is 0 Å². The third kappa shape index (κ3) is 47.1. The molecule has 0 bridgehead atoms. The van der Waals surface area contributed by atoms with Gasteiger partial charge in [0.2, 0.25) is 0 Å². The van der Waals surface area contributed by atoms with Crippen molar-refractivity contribution in [2.24, 2.45) is 17.8 Å². The summed E-state index contributed by atoms with van der Waals surface area (Å²) < 4.78 is 0. The minimum atomic E-state index is -1.27. The quantitative estimate of drug-likeness (QED) is 0.0361. The van der Waals surface area contributed by atoms with Crippen LogP contribution in [0.25, 0.3) is 0 Å². The van der Waals surface area contributed by atoms with Gasteiger partial charge in [0.1, 0.15) is 0 Å². The lowest BCUT2D eigenvalue weighted by Gasteiger charge is -2.45. The van der Waals surface area contributed by atoms with Crippen molar-refractivity contribution in [3.05, 3.63) is 89.5 Å². The molecule has 0 saturated heterocycles. The van der Waals surface area contributed by atoms with Crippen LogP contribution in [0.3, 0.4) is 0 Å². The first-order valence-corrected chi connectivity index (χ1v) is 40.7. The smallest absolute Gasteiger partial charge is 0.317 e. The Kier molecular flexibility index (Phi) is 50.0. The second-order valence-corrected chi connectivity index (χ2v) is 32.1. The number of thiocarbonyl (C=S) groups is 3. The fourth-order valence-corrected chi connectivity index (χ4v) is 14.0. The van der Waals surface area contributed by atoms with Crippen LogP contribution in [-0.4, -0.2) is 399 Å². The van der Waals surface area contributed by atoms with Gasteiger partial charge >= 0.3 is 89.5 Å². The molecule has 0 aliphatic heterocycles. The number of carbonyl (C=O) groups is 15. The lowest BCUT2D eigenvalue weighted by Crippen LogP contribution is -2.59. The van der Waals surface area contributed by atoms with Crippen LogP contribution in [0.2, 0.25) is 0 Å². The predicted molar refractivity (Wildman–Crippen MR) is 464 cm³/mol. The minimum absolute atomic E-state index is 0.0561. The lowest BCUT2D eigenvalue weighted by molar-refractivity contribution is -0.147. The fraction of sp³-hybridized carbons (Fsp3) is 0.550. The number of carboxylic acid groups (broad SMARTS) is 15. The summed E-state index contributed by atoms with van der Waals surface area (Å²) in [6.07, 6.45) is 2.76. The Balaban J connectivity index is 0.000000636. The zero-order valence-electron chi connectivity index (χ0n) is 70.5. The molecule has 45 heteroatoms. The number of benzene rings is 3. The molecule has 0 heterocycles. The number of aliphatic carboxylic acids is 15. The molecule has 125 heavy (non-hydrogen) atoms. The second kappa shape index (κ2) is 56.8. The fourth-order valence-electron chi connectivity index (χ4n) is 13.7. The van der Waals surface area contributed by atoms with Crippen LogP contribution in [0.15, 0.2) is 72.8 Å². The van der Waals surface area contributed by atoms with Gasteiger partial charge in [-0.1, -0.05) is 127 Å². The summed E-state index contributed by atoms with van der Waals surface area (Å²) in [5, 5.41) is 151. The van der Waals surface area contributed by atoms with Crippen molar-refractivity contribution in [2.75, 3.05) is 153 Å². The number of hydrogen-bond acceptors (Lipinski definition) is 27. The van der Waals surface area contributed by atoms with Crippen molar-refractivity contribution in [1.82, 2.24) is 44.1 Å². The third-order valence-corrected chi connectivity index (χ3v) is 21.1. The molecule has 1 fully saturated rings. The molecule has 1 aliphatic carbocycles. The highest BCUT2D eigenvalue weighted by atomic mass is 32.1. The molecule has 42 nitrogen and oxygen atoms in total. The number of nitrogens with one attached hydrogen (secondary N) is 3. The Bertz CT molecular complexity index is 4030. The van der Waals surface area contributed by atoms with E-state index >= 15 is 0 Å². The van der Waals surface area contributed by atoms with Gasteiger partial charge in [0.15, 0.2) is 0 Å². The molecule has 0 spiro atoms. The van der Waals surface area contributed by atoms with Crippen LogP contribution in [0.1, 0.15) is 90.8 Å². The van der Waals surface area contributed by atoms with Gasteiger partial charge in [-0.15, -0.1) is 0 Å². The third-order valence-electron chi connectivity index (χ3n) is 19.4. The van der Waals surface area contributed by atoms with Crippen molar-refractivity contribution >= 4 is 158 Å². The van der Waals surface area contributed by atoms with Crippen LogP contribution in [0.5, 0.6) is 0 Å². The van der Waals surface area contributed by atoms with Gasteiger partial charge in [0.05, 0.1) is 113 Å². The predicted octanol–water partition coefficient (Wildman–Crippen LogP) is 2.67. The van der Waals surface area contributed by atoms with E-state index in [1.807, 2.05) is 41.5 Å². The van der Waals surface area contributed by atoms with Gasteiger partial charge in [0, 0.05) is 110 Å². The largest absolute Gasteiger partial charge is 0.480 e. The number of anilines is 3. The Morgan fingerprint density at radius 3 is 0.832 bits per heavy atom. The summed E-state index contributed by atoms with van der Waals surface area (Å²) in [7, 11) is 0. The van der Waals surface area contributed by atoms with Crippen molar-refractivity contribution in [3.63, 3.8) is 0 Å². The lowest BCUT2D eigenvalue weighted by atomic mass is 9.87. The average Bonchev–Trinajstić information content (AvgIpc) is 0.807. The first-order valence-electron chi connectivity index (χ1n) is 39.5. The van der Waals surface area contributed by atoms with Crippen molar-refractivity contribution in [3.8, 4) is 0 Å². The maximum absolute atomic E-state index is 12.1.